The summed E-state index contributed by atoms with van der Waals surface area (Å²) in [6.07, 6.45) is 1.80. The molecule has 1 N–H and O–H groups in total. The summed E-state index contributed by atoms with van der Waals surface area (Å²) in [6.45, 7) is 2.29. The van der Waals surface area contributed by atoms with E-state index in [2.05, 4.69) is 5.32 Å². The zero-order valence-corrected chi connectivity index (χ0v) is 14.8. The molecule has 3 rings (SSSR count). The molecular formula is C19H21N3O4. The van der Waals surface area contributed by atoms with Crippen LogP contribution in [0.5, 0.6) is 5.75 Å². The quantitative estimate of drug-likeness (QED) is 0.655. The molecule has 26 heavy (non-hydrogen) atoms. The van der Waals surface area contributed by atoms with Crippen LogP contribution < -0.4 is 10.1 Å². The first-order valence-corrected chi connectivity index (χ1v) is 8.47. The number of ether oxygens (including phenoxy) is 1. The van der Waals surface area contributed by atoms with Crippen LogP contribution in [0.2, 0.25) is 0 Å². The Hall–Kier alpha value is -3.09. The van der Waals surface area contributed by atoms with Crippen molar-refractivity contribution in [2.24, 2.45) is 0 Å². The number of nitro groups is 1. The van der Waals surface area contributed by atoms with Gasteiger partial charge in [0.2, 0.25) is 0 Å². The molecule has 0 bridgehead atoms. The van der Waals surface area contributed by atoms with E-state index in [1.54, 1.807) is 31.1 Å². The Balaban J connectivity index is 1.78. The third-order valence-corrected chi connectivity index (χ3v) is 4.76. The Labute approximate surface area is 151 Å². The molecule has 2 aromatic carbocycles. The zero-order valence-electron chi connectivity index (χ0n) is 14.8. The van der Waals surface area contributed by atoms with E-state index in [-0.39, 0.29) is 17.8 Å². The van der Waals surface area contributed by atoms with Gasteiger partial charge in [-0.1, -0.05) is 18.2 Å². The third-order valence-electron chi connectivity index (χ3n) is 4.76. The molecule has 1 atom stereocenters. The molecule has 1 unspecified atom stereocenters. The first-order chi connectivity index (χ1) is 12.5. The highest BCUT2D eigenvalue weighted by molar-refractivity contribution is 5.91. The lowest BCUT2D eigenvalue weighted by Gasteiger charge is -2.26. The Morgan fingerprint density at radius 2 is 2.00 bits per heavy atom. The number of rotatable bonds is 4. The molecule has 0 saturated carbocycles. The molecule has 1 saturated heterocycles. The lowest BCUT2D eigenvalue weighted by atomic mass is 10.0. The zero-order chi connectivity index (χ0) is 18.7. The molecule has 0 aromatic heterocycles. The van der Waals surface area contributed by atoms with Gasteiger partial charge in [0.05, 0.1) is 29.3 Å². The summed E-state index contributed by atoms with van der Waals surface area (Å²) < 4.78 is 5.18. The smallest absolute Gasteiger partial charge is 0.322 e. The molecule has 7 nitrogen and oxygen atoms in total. The summed E-state index contributed by atoms with van der Waals surface area (Å²) in [5, 5.41) is 13.9. The highest BCUT2D eigenvalue weighted by Crippen LogP contribution is 2.34. The summed E-state index contributed by atoms with van der Waals surface area (Å²) in [6, 6.07) is 12.1. The van der Waals surface area contributed by atoms with Crippen molar-refractivity contribution in [3.8, 4) is 5.75 Å². The Kier molecular flexibility index (Phi) is 5.06. The second kappa shape index (κ2) is 7.43. The van der Waals surface area contributed by atoms with Gasteiger partial charge in [-0.2, -0.15) is 0 Å². The van der Waals surface area contributed by atoms with Crippen LogP contribution in [-0.2, 0) is 0 Å². The average molecular weight is 355 g/mol. The normalized spacial score (nSPS) is 16.4. The van der Waals surface area contributed by atoms with Crippen molar-refractivity contribution in [2.75, 3.05) is 19.0 Å². The van der Waals surface area contributed by atoms with Gasteiger partial charge in [-0.05, 0) is 43.5 Å². The lowest BCUT2D eigenvalue weighted by molar-refractivity contribution is -0.385. The van der Waals surface area contributed by atoms with Gasteiger partial charge < -0.3 is 15.0 Å². The fourth-order valence-electron chi connectivity index (χ4n) is 3.33. The number of nitro benzene ring substituents is 1. The molecule has 1 aliphatic heterocycles. The second-order valence-electron chi connectivity index (χ2n) is 6.26. The molecule has 1 fully saturated rings. The lowest BCUT2D eigenvalue weighted by Crippen LogP contribution is -2.34. The average Bonchev–Trinajstić information content (AvgIpc) is 3.13. The van der Waals surface area contributed by atoms with Crippen LogP contribution in [0.15, 0.2) is 42.5 Å². The molecular weight excluding hydrogens is 334 g/mol. The number of methoxy groups -OCH3 is 1. The van der Waals surface area contributed by atoms with Crippen molar-refractivity contribution in [3.63, 3.8) is 0 Å². The Bertz CT molecular complexity index is 820. The number of hydrogen-bond acceptors (Lipinski definition) is 4. The number of amides is 2. The molecule has 2 aromatic rings. The predicted octanol–water partition coefficient (Wildman–Crippen LogP) is 4.28. The summed E-state index contributed by atoms with van der Waals surface area (Å²) in [4.78, 5) is 25.2. The van der Waals surface area contributed by atoms with Gasteiger partial charge in [0.1, 0.15) is 5.75 Å². The number of likely N-dealkylation sites (tertiary alicyclic amines) is 1. The van der Waals surface area contributed by atoms with E-state index in [1.165, 1.54) is 6.07 Å². The molecule has 1 heterocycles. The van der Waals surface area contributed by atoms with Gasteiger partial charge in [-0.15, -0.1) is 0 Å². The minimum atomic E-state index is -0.443. The van der Waals surface area contributed by atoms with E-state index in [1.807, 2.05) is 24.3 Å². The Morgan fingerprint density at radius 1 is 1.27 bits per heavy atom. The topological polar surface area (TPSA) is 84.7 Å². The number of carbonyl (C=O) groups is 1. The van der Waals surface area contributed by atoms with Crippen LogP contribution in [0.1, 0.15) is 30.0 Å². The number of benzene rings is 2. The van der Waals surface area contributed by atoms with Crippen molar-refractivity contribution in [3.05, 3.63) is 63.7 Å². The summed E-state index contributed by atoms with van der Waals surface area (Å²) in [5.41, 5.74) is 1.96. The van der Waals surface area contributed by atoms with E-state index >= 15 is 0 Å². The maximum Gasteiger partial charge on any atom is 0.322 e. The molecule has 2 amide bonds. The van der Waals surface area contributed by atoms with Crippen LogP contribution in [0.3, 0.4) is 0 Å². The van der Waals surface area contributed by atoms with Gasteiger partial charge in [0.15, 0.2) is 0 Å². The molecule has 1 aliphatic rings. The number of urea groups is 1. The van der Waals surface area contributed by atoms with Crippen molar-refractivity contribution in [1.29, 1.82) is 0 Å². The molecule has 0 spiro atoms. The maximum absolute atomic E-state index is 12.8. The summed E-state index contributed by atoms with van der Waals surface area (Å²) >= 11 is 0. The maximum atomic E-state index is 12.8. The van der Waals surface area contributed by atoms with Crippen LogP contribution >= 0.6 is 0 Å². The van der Waals surface area contributed by atoms with Crippen LogP contribution in [-0.4, -0.2) is 29.5 Å². The highest BCUT2D eigenvalue weighted by Gasteiger charge is 2.30. The molecule has 136 valence electrons. The van der Waals surface area contributed by atoms with E-state index in [0.29, 0.717) is 17.8 Å². The van der Waals surface area contributed by atoms with Crippen molar-refractivity contribution in [2.45, 2.75) is 25.8 Å². The van der Waals surface area contributed by atoms with Crippen molar-refractivity contribution >= 4 is 17.4 Å². The number of carbonyl (C=O) groups excluding carboxylic acids is 1. The number of nitrogens with one attached hydrogen (secondary N) is 1. The summed E-state index contributed by atoms with van der Waals surface area (Å²) in [5.74, 6) is 0.773. The van der Waals surface area contributed by atoms with Gasteiger partial charge in [-0.25, -0.2) is 4.79 Å². The van der Waals surface area contributed by atoms with Crippen LogP contribution in [0.4, 0.5) is 16.2 Å². The monoisotopic (exact) mass is 355 g/mol. The number of anilines is 1. The molecule has 0 radical (unpaired) electrons. The van der Waals surface area contributed by atoms with E-state index in [9.17, 15) is 14.9 Å². The van der Waals surface area contributed by atoms with Crippen molar-refractivity contribution < 1.29 is 14.5 Å². The highest BCUT2D eigenvalue weighted by atomic mass is 16.6. The van der Waals surface area contributed by atoms with Crippen LogP contribution in [0.25, 0.3) is 0 Å². The molecule has 0 aliphatic carbocycles. The first-order valence-electron chi connectivity index (χ1n) is 8.47. The minimum absolute atomic E-state index is 0.00377. The van der Waals surface area contributed by atoms with Crippen LogP contribution in [0, 0.1) is 17.0 Å². The first kappa shape index (κ1) is 17.7. The largest absolute Gasteiger partial charge is 0.497 e. The number of nitrogens with zero attached hydrogens (tertiary/aromatic N) is 2. The standard InChI is InChI=1S/C19H21N3O4/c1-13-16(5-3-6-17(13)22(24)25)20-19(23)21-12-4-7-18(21)14-8-10-15(26-2)11-9-14/h3,5-6,8-11,18H,4,7,12H2,1-2H3,(H,20,23). The summed E-state index contributed by atoms with van der Waals surface area (Å²) in [7, 11) is 1.62. The van der Waals surface area contributed by atoms with E-state index in [4.69, 9.17) is 4.74 Å². The van der Waals surface area contributed by atoms with Gasteiger partial charge in [0.25, 0.3) is 5.69 Å². The van der Waals surface area contributed by atoms with Gasteiger partial charge in [0, 0.05) is 12.6 Å². The van der Waals surface area contributed by atoms with Crippen molar-refractivity contribution in [1.82, 2.24) is 4.90 Å². The Morgan fingerprint density at radius 3 is 2.65 bits per heavy atom. The van der Waals surface area contributed by atoms with E-state index < -0.39 is 4.92 Å². The third kappa shape index (κ3) is 3.46. The molecule has 7 heteroatoms. The second-order valence-corrected chi connectivity index (χ2v) is 6.26. The fraction of sp³-hybridized carbons (Fsp3) is 0.316. The number of hydrogen-bond donors (Lipinski definition) is 1. The SMILES string of the molecule is COc1ccc(C2CCCN2C(=O)Nc2cccc([N+](=O)[O-])c2C)cc1. The van der Waals surface area contributed by atoms with Gasteiger partial charge >= 0.3 is 6.03 Å². The predicted molar refractivity (Wildman–Crippen MR) is 98.5 cm³/mol. The minimum Gasteiger partial charge on any atom is -0.497 e. The van der Waals surface area contributed by atoms with E-state index in [0.717, 1.165) is 24.2 Å². The van der Waals surface area contributed by atoms with Gasteiger partial charge in [-0.3, -0.25) is 10.1 Å². The fourth-order valence-corrected chi connectivity index (χ4v) is 3.33.